The van der Waals surface area contributed by atoms with E-state index in [1.807, 2.05) is 19.2 Å². The molecule has 1 fully saturated rings. The molecule has 0 aromatic heterocycles. The lowest BCUT2D eigenvalue weighted by Crippen LogP contribution is -2.42. The van der Waals surface area contributed by atoms with Crippen LogP contribution in [-0.4, -0.2) is 62.5 Å². The zero-order valence-corrected chi connectivity index (χ0v) is 20.0. The van der Waals surface area contributed by atoms with E-state index < -0.39 is 5.60 Å². The molecule has 0 amide bonds. The molecule has 0 saturated heterocycles. The lowest BCUT2D eigenvalue weighted by molar-refractivity contribution is 0.0130. The molecule has 7 heteroatoms. The minimum Gasteiger partial charge on any atom is -0.493 e. The zero-order valence-electron chi connectivity index (χ0n) is 17.7. The highest BCUT2D eigenvalue weighted by Gasteiger charge is 2.29. The monoisotopic (exact) mass is 505 g/mol. The Hall–Kier alpha value is -1.22. The van der Waals surface area contributed by atoms with Gasteiger partial charge < -0.3 is 24.8 Å². The Labute approximate surface area is 186 Å². The van der Waals surface area contributed by atoms with Crippen LogP contribution in [0.1, 0.15) is 44.6 Å². The molecule has 2 N–H and O–H groups in total. The number of rotatable bonds is 8. The van der Waals surface area contributed by atoms with Crippen molar-refractivity contribution in [3.63, 3.8) is 0 Å². The van der Waals surface area contributed by atoms with Crippen LogP contribution in [0.4, 0.5) is 0 Å². The van der Waals surface area contributed by atoms with Crippen molar-refractivity contribution in [3.8, 4) is 11.5 Å². The zero-order chi connectivity index (χ0) is 19.7. The first-order chi connectivity index (χ1) is 13.0. The number of aliphatic hydroxyl groups is 1. The molecule has 2 rings (SSSR count). The van der Waals surface area contributed by atoms with Gasteiger partial charge in [0.25, 0.3) is 0 Å². The summed E-state index contributed by atoms with van der Waals surface area (Å²) in [5, 5.41) is 14.0. The molecule has 1 aromatic rings. The van der Waals surface area contributed by atoms with Gasteiger partial charge in [-0.05, 0) is 43.9 Å². The SMILES string of the molecule is CCNC(=NCC1(O)CCCCC1)N(C)CCc1ccc(OC)c(OC)c1.I. The van der Waals surface area contributed by atoms with Crippen molar-refractivity contribution in [2.45, 2.75) is 51.0 Å². The van der Waals surface area contributed by atoms with Gasteiger partial charge in [-0.15, -0.1) is 24.0 Å². The summed E-state index contributed by atoms with van der Waals surface area (Å²) in [6.07, 6.45) is 5.98. The van der Waals surface area contributed by atoms with Crippen LogP contribution >= 0.6 is 24.0 Å². The molecule has 0 heterocycles. The van der Waals surface area contributed by atoms with Crippen molar-refractivity contribution in [1.29, 1.82) is 0 Å². The maximum absolute atomic E-state index is 10.7. The van der Waals surface area contributed by atoms with E-state index in [1.165, 1.54) is 12.0 Å². The predicted molar refractivity (Wildman–Crippen MR) is 125 cm³/mol. The number of guanidine groups is 1. The van der Waals surface area contributed by atoms with Crippen LogP contribution in [0.2, 0.25) is 0 Å². The van der Waals surface area contributed by atoms with Gasteiger partial charge in [-0.2, -0.15) is 0 Å². The normalized spacial score (nSPS) is 16.1. The van der Waals surface area contributed by atoms with E-state index >= 15 is 0 Å². The number of methoxy groups -OCH3 is 2. The van der Waals surface area contributed by atoms with Gasteiger partial charge in [0.15, 0.2) is 17.5 Å². The highest BCUT2D eigenvalue weighted by molar-refractivity contribution is 14.0. The Morgan fingerprint density at radius 1 is 1.18 bits per heavy atom. The second-order valence-electron chi connectivity index (χ2n) is 7.32. The average Bonchev–Trinajstić information content (AvgIpc) is 2.69. The number of likely N-dealkylation sites (N-methyl/N-ethyl adjacent to an activating group) is 1. The summed E-state index contributed by atoms with van der Waals surface area (Å²) >= 11 is 0. The summed E-state index contributed by atoms with van der Waals surface area (Å²) in [6, 6.07) is 6.01. The van der Waals surface area contributed by atoms with E-state index in [0.29, 0.717) is 6.54 Å². The second-order valence-corrected chi connectivity index (χ2v) is 7.32. The van der Waals surface area contributed by atoms with Crippen molar-refractivity contribution in [3.05, 3.63) is 23.8 Å². The number of aliphatic imine (C=N–C) groups is 1. The molecule has 0 radical (unpaired) electrons. The van der Waals surface area contributed by atoms with Gasteiger partial charge in [-0.3, -0.25) is 4.99 Å². The number of hydrogen-bond donors (Lipinski definition) is 2. The number of ether oxygens (including phenoxy) is 2. The third-order valence-electron chi connectivity index (χ3n) is 5.19. The molecule has 6 nitrogen and oxygen atoms in total. The third kappa shape index (κ3) is 7.31. The van der Waals surface area contributed by atoms with Crippen molar-refractivity contribution in [1.82, 2.24) is 10.2 Å². The van der Waals surface area contributed by atoms with Crippen molar-refractivity contribution in [2.75, 3.05) is 40.9 Å². The predicted octanol–water partition coefficient (Wildman–Crippen LogP) is 3.46. The number of nitrogens with zero attached hydrogens (tertiary/aromatic N) is 2. The Morgan fingerprint density at radius 2 is 1.86 bits per heavy atom. The quantitative estimate of drug-likeness (QED) is 0.322. The molecule has 0 aliphatic heterocycles. The first kappa shape index (κ1) is 24.8. The fraction of sp³-hybridized carbons (Fsp3) is 0.667. The van der Waals surface area contributed by atoms with Gasteiger partial charge in [-0.25, -0.2) is 0 Å². The average molecular weight is 505 g/mol. The molecule has 1 aliphatic carbocycles. The molecule has 0 spiro atoms. The van der Waals surface area contributed by atoms with Crippen LogP contribution in [0.3, 0.4) is 0 Å². The summed E-state index contributed by atoms with van der Waals surface area (Å²) in [5.41, 5.74) is 0.546. The van der Waals surface area contributed by atoms with Gasteiger partial charge in [0.2, 0.25) is 0 Å². The Morgan fingerprint density at radius 3 is 2.46 bits per heavy atom. The number of hydrogen-bond acceptors (Lipinski definition) is 4. The van der Waals surface area contributed by atoms with Crippen molar-refractivity contribution in [2.24, 2.45) is 4.99 Å². The topological polar surface area (TPSA) is 66.3 Å². The second kappa shape index (κ2) is 12.4. The van der Waals surface area contributed by atoms with Gasteiger partial charge in [0.1, 0.15) is 0 Å². The van der Waals surface area contributed by atoms with E-state index in [1.54, 1.807) is 14.2 Å². The molecular weight excluding hydrogens is 469 g/mol. The van der Waals surface area contributed by atoms with E-state index in [-0.39, 0.29) is 24.0 Å². The summed E-state index contributed by atoms with van der Waals surface area (Å²) < 4.78 is 10.7. The van der Waals surface area contributed by atoms with Crippen LogP contribution in [0.15, 0.2) is 23.2 Å². The van der Waals surface area contributed by atoms with Crippen molar-refractivity contribution >= 4 is 29.9 Å². The Kier molecular flexibility index (Phi) is 11.0. The first-order valence-electron chi connectivity index (χ1n) is 9.94. The maximum atomic E-state index is 10.7. The van der Waals surface area contributed by atoms with Gasteiger partial charge >= 0.3 is 0 Å². The number of benzene rings is 1. The molecule has 1 aliphatic rings. The molecular formula is C21H36IN3O3. The van der Waals surface area contributed by atoms with E-state index in [9.17, 15) is 5.11 Å². The molecule has 160 valence electrons. The van der Waals surface area contributed by atoms with E-state index in [0.717, 1.165) is 62.7 Å². The number of nitrogens with one attached hydrogen (secondary N) is 1. The van der Waals surface area contributed by atoms with Gasteiger partial charge in [0.05, 0.1) is 26.4 Å². The fourth-order valence-electron chi connectivity index (χ4n) is 3.50. The fourth-order valence-corrected chi connectivity index (χ4v) is 3.50. The Bertz CT molecular complexity index is 619. The largest absolute Gasteiger partial charge is 0.493 e. The maximum Gasteiger partial charge on any atom is 0.193 e. The summed E-state index contributed by atoms with van der Waals surface area (Å²) in [5.74, 6) is 2.33. The summed E-state index contributed by atoms with van der Waals surface area (Å²) in [4.78, 5) is 6.84. The molecule has 0 unspecified atom stereocenters. The van der Waals surface area contributed by atoms with Crippen LogP contribution in [0.5, 0.6) is 11.5 Å². The van der Waals surface area contributed by atoms with Crippen LogP contribution < -0.4 is 14.8 Å². The van der Waals surface area contributed by atoms with Crippen molar-refractivity contribution < 1.29 is 14.6 Å². The minimum absolute atomic E-state index is 0. The molecule has 1 saturated carbocycles. The minimum atomic E-state index is -0.636. The highest BCUT2D eigenvalue weighted by atomic mass is 127. The van der Waals surface area contributed by atoms with Gasteiger partial charge in [0, 0.05) is 20.1 Å². The molecule has 0 atom stereocenters. The van der Waals surface area contributed by atoms with E-state index in [2.05, 4.69) is 23.2 Å². The molecule has 0 bridgehead atoms. The molecule has 28 heavy (non-hydrogen) atoms. The highest BCUT2D eigenvalue weighted by Crippen LogP contribution is 2.29. The smallest absolute Gasteiger partial charge is 0.193 e. The summed E-state index contributed by atoms with van der Waals surface area (Å²) in [7, 11) is 5.33. The van der Waals surface area contributed by atoms with Gasteiger partial charge in [-0.1, -0.05) is 25.3 Å². The van der Waals surface area contributed by atoms with Crippen LogP contribution in [0.25, 0.3) is 0 Å². The lowest BCUT2D eigenvalue weighted by atomic mass is 9.85. The summed E-state index contributed by atoms with van der Waals surface area (Å²) in [6.45, 7) is 4.15. The molecule has 1 aromatic carbocycles. The Balaban J connectivity index is 0.00000392. The number of halogens is 1. The standard InChI is InChI=1S/C21H35N3O3.HI/c1-5-22-20(23-16-21(25)12-7-6-8-13-21)24(2)14-11-17-9-10-18(26-3)19(15-17)27-4;/h9-10,15,25H,5-8,11-14,16H2,1-4H3,(H,22,23);1H. The van der Waals surface area contributed by atoms with Crippen LogP contribution in [-0.2, 0) is 6.42 Å². The first-order valence-corrected chi connectivity index (χ1v) is 9.94. The third-order valence-corrected chi connectivity index (χ3v) is 5.19. The lowest BCUT2D eigenvalue weighted by Gasteiger charge is -2.31. The van der Waals surface area contributed by atoms with E-state index in [4.69, 9.17) is 14.5 Å². The van der Waals surface area contributed by atoms with Crippen LogP contribution in [0, 0.1) is 0 Å².